The Hall–Kier alpha value is -2.66. The maximum atomic E-state index is 13.4. The maximum Gasteiger partial charge on any atom is 0.240 e. The summed E-state index contributed by atoms with van der Waals surface area (Å²) in [5, 5.41) is 18.0. The molecule has 1 saturated heterocycles. The van der Waals surface area contributed by atoms with E-state index in [4.69, 9.17) is 4.74 Å². The Labute approximate surface area is 192 Å². The Bertz CT molecular complexity index is 1180. The fourth-order valence-electron chi connectivity index (χ4n) is 3.93. The minimum atomic E-state index is -3.71. The van der Waals surface area contributed by atoms with Gasteiger partial charge in [-0.3, -0.25) is 4.68 Å². The Morgan fingerprint density at radius 1 is 1.21 bits per heavy atom. The van der Waals surface area contributed by atoms with Gasteiger partial charge in [0.15, 0.2) is 0 Å². The molecule has 2 aromatic carbocycles. The van der Waals surface area contributed by atoms with Crippen molar-refractivity contribution in [1.82, 2.24) is 19.7 Å². The predicted molar refractivity (Wildman–Crippen MR) is 120 cm³/mol. The minimum Gasteiger partial charge on any atom is -0.394 e. The van der Waals surface area contributed by atoms with Crippen molar-refractivity contribution in [2.24, 2.45) is 0 Å². The number of aryl methyl sites for hydroxylation is 2. The van der Waals surface area contributed by atoms with E-state index in [0.717, 1.165) is 5.56 Å². The summed E-state index contributed by atoms with van der Waals surface area (Å²) in [5.74, 6) is -0.333. The fraction of sp³-hybridized carbons (Fsp3) is 0.391. The molecule has 0 aliphatic carbocycles. The summed E-state index contributed by atoms with van der Waals surface area (Å²) in [4.78, 5) is 0.187. The summed E-state index contributed by atoms with van der Waals surface area (Å²) < 4.78 is 49.2. The van der Waals surface area contributed by atoms with E-state index in [-0.39, 0.29) is 23.4 Å². The van der Waals surface area contributed by atoms with Gasteiger partial charge in [0.1, 0.15) is 11.5 Å². The molecule has 0 radical (unpaired) electrons. The lowest BCUT2D eigenvalue weighted by molar-refractivity contribution is -0.0891. The first-order valence-electron chi connectivity index (χ1n) is 10.9. The lowest BCUT2D eigenvalue weighted by Gasteiger charge is -2.36. The molecule has 0 bridgehead atoms. The van der Waals surface area contributed by atoms with Gasteiger partial charge in [0.25, 0.3) is 0 Å². The Kier molecular flexibility index (Phi) is 7.18. The molecule has 1 aliphatic heterocycles. The largest absolute Gasteiger partial charge is 0.394 e. The first kappa shape index (κ1) is 23.5. The Morgan fingerprint density at radius 2 is 2.00 bits per heavy atom. The van der Waals surface area contributed by atoms with Gasteiger partial charge in [-0.15, -0.1) is 5.10 Å². The molecular formula is C23H27FN4O4S. The first-order chi connectivity index (χ1) is 15.8. The van der Waals surface area contributed by atoms with Crippen molar-refractivity contribution in [3.05, 3.63) is 66.1 Å². The van der Waals surface area contributed by atoms with Crippen molar-refractivity contribution in [1.29, 1.82) is 0 Å². The highest BCUT2D eigenvalue weighted by molar-refractivity contribution is 7.89. The maximum absolute atomic E-state index is 13.4. The molecule has 1 aromatic heterocycles. The van der Waals surface area contributed by atoms with Crippen molar-refractivity contribution >= 4 is 10.0 Å². The topological polar surface area (TPSA) is 106 Å². The predicted octanol–water partition coefficient (Wildman–Crippen LogP) is 2.67. The lowest BCUT2D eigenvalue weighted by atomic mass is 9.98. The normalized spacial score (nSPS) is 21.2. The third kappa shape index (κ3) is 5.83. The molecule has 2 heterocycles. The van der Waals surface area contributed by atoms with E-state index in [1.165, 1.54) is 12.1 Å². The van der Waals surface area contributed by atoms with Gasteiger partial charge in [0, 0.05) is 12.1 Å². The molecule has 176 valence electrons. The number of aliphatic hydroxyl groups is 1. The summed E-state index contributed by atoms with van der Waals surface area (Å²) in [7, 11) is -3.71. The van der Waals surface area contributed by atoms with E-state index in [0.29, 0.717) is 37.1 Å². The minimum absolute atomic E-state index is 0.149. The van der Waals surface area contributed by atoms with Gasteiger partial charge < -0.3 is 9.84 Å². The fourth-order valence-corrected chi connectivity index (χ4v) is 5.23. The number of aliphatic hydroxyl groups excluding tert-OH is 1. The van der Waals surface area contributed by atoms with E-state index < -0.39 is 22.2 Å². The number of benzene rings is 2. The highest BCUT2D eigenvalue weighted by atomic mass is 32.2. The van der Waals surface area contributed by atoms with Crippen LogP contribution in [0.3, 0.4) is 0 Å². The van der Waals surface area contributed by atoms with Gasteiger partial charge >= 0.3 is 0 Å². The van der Waals surface area contributed by atoms with Gasteiger partial charge in [-0.1, -0.05) is 35.0 Å². The number of nitrogens with one attached hydrogen (secondary N) is 1. The van der Waals surface area contributed by atoms with Crippen LogP contribution in [-0.2, 0) is 21.3 Å². The van der Waals surface area contributed by atoms with Crippen LogP contribution in [0.1, 0.15) is 24.8 Å². The molecule has 0 unspecified atom stereocenters. The molecule has 33 heavy (non-hydrogen) atoms. The number of nitrogens with zero attached hydrogens (tertiary/aromatic N) is 3. The Morgan fingerprint density at radius 3 is 2.73 bits per heavy atom. The van der Waals surface area contributed by atoms with E-state index in [1.807, 2.05) is 6.92 Å². The van der Waals surface area contributed by atoms with Crippen LogP contribution in [0, 0.1) is 12.7 Å². The third-order valence-corrected chi connectivity index (χ3v) is 7.28. The number of ether oxygens (including phenoxy) is 1. The van der Waals surface area contributed by atoms with Gasteiger partial charge in [-0.05, 0) is 50.5 Å². The summed E-state index contributed by atoms with van der Waals surface area (Å²) >= 11 is 0. The molecule has 10 heteroatoms. The highest BCUT2D eigenvalue weighted by Gasteiger charge is 2.33. The first-order valence-corrected chi connectivity index (χ1v) is 12.3. The molecule has 8 nitrogen and oxygen atoms in total. The zero-order chi connectivity index (χ0) is 23.4. The van der Waals surface area contributed by atoms with Crippen molar-refractivity contribution in [3.63, 3.8) is 0 Å². The van der Waals surface area contributed by atoms with Crippen molar-refractivity contribution in [2.45, 2.75) is 55.9 Å². The second-order valence-corrected chi connectivity index (χ2v) is 9.98. The number of rotatable bonds is 8. The molecule has 0 amide bonds. The number of sulfonamides is 1. The van der Waals surface area contributed by atoms with Gasteiger partial charge in [0.2, 0.25) is 10.0 Å². The van der Waals surface area contributed by atoms with Crippen molar-refractivity contribution in [3.8, 4) is 11.3 Å². The van der Waals surface area contributed by atoms with Crippen LogP contribution in [0.2, 0.25) is 0 Å². The highest BCUT2D eigenvalue weighted by Crippen LogP contribution is 2.24. The standard InChI is InChI=1S/C23H27FN4O4S/c1-16-5-8-20(9-6-16)33(30,31)26-21-10-7-19(32-23(21)15-29)11-12-28-14-22(25-27-28)17-3-2-4-18(24)13-17/h2-6,8-9,13-14,19,21,23,26,29H,7,10-12,15H2,1H3/t19-,21-,23-/m0/s1. The average Bonchev–Trinajstić information content (AvgIpc) is 3.28. The molecule has 3 aromatic rings. The zero-order valence-electron chi connectivity index (χ0n) is 18.3. The van der Waals surface area contributed by atoms with Crippen LogP contribution >= 0.6 is 0 Å². The van der Waals surface area contributed by atoms with Crippen LogP contribution in [0.4, 0.5) is 4.39 Å². The van der Waals surface area contributed by atoms with E-state index in [2.05, 4.69) is 15.0 Å². The molecule has 3 atom stereocenters. The second kappa shape index (κ2) is 10.1. The van der Waals surface area contributed by atoms with Crippen LogP contribution in [0.15, 0.2) is 59.6 Å². The third-order valence-electron chi connectivity index (χ3n) is 5.77. The SMILES string of the molecule is Cc1ccc(S(=O)(=O)N[C@H]2CC[C@@H](CCn3cc(-c4cccc(F)c4)nn3)O[C@H]2CO)cc1. The van der Waals surface area contributed by atoms with E-state index in [9.17, 15) is 17.9 Å². The smallest absolute Gasteiger partial charge is 0.240 e. The Balaban J connectivity index is 1.33. The van der Waals surface area contributed by atoms with Crippen LogP contribution < -0.4 is 4.72 Å². The second-order valence-electron chi connectivity index (χ2n) is 8.26. The van der Waals surface area contributed by atoms with Gasteiger partial charge in [-0.25, -0.2) is 17.5 Å². The zero-order valence-corrected chi connectivity index (χ0v) is 19.1. The number of hydrogen-bond donors (Lipinski definition) is 2. The summed E-state index contributed by atoms with van der Waals surface area (Å²) in [5.41, 5.74) is 2.21. The van der Waals surface area contributed by atoms with Crippen LogP contribution in [0.5, 0.6) is 0 Å². The summed E-state index contributed by atoms with van der Waals surface area (Å²) in [6, 6.07) is 12.3. The van der Waals surface area contributed by atoms with Gasteiger partial charge in [0.05, 0.1) is 35.9 Å². The average molecular weight is 475 g/mol. The molecule has 0 spiro atoms. The molecule has 0 saturated carbocycles. The number of halogens is 1. The molecule has 1 fully saturated rings. The molecular weight excluding hydrogens is 447 g/mol. The summed E-state index contributed by atoms with van der Waals surface area (Å²) in [6.45, 7) is 2.14. The van der Waals surface area contributed by atoms with Crippen LogP contribution in [-0.4, -0.2) is 53.4 Å². The quantitative estimate of drug-likeness (QED) is 0.520. The van der Waals surface area contributed by atoms with Crippen LogP contribution in [0.25, 0.3) is 11.3 Å². The lowest BCUT2D eigenvalue weighted by Crippen LogP contribution is -2.50. The summed E-state index contributed by atoms with van der Waals surface area (Å²) in [6.07, 6.45) is 2.78. The van der Waals surface area contributed by atoms with E-state index >= 15 is 0 Å². The van der Waals surface area contributed by atoms with Gasteiger partial charge in [-0.2, -0.15) is 0 Å². The van der Waals surface area contributed by atoms with E-state index in [1.54, 1.807) is 47.3 Å². The molecule has 4 rings (SSSR count). The monoisotopic (exact) mass is 474 g/mol. The van der Waals surface area contributed by atoms with Crippen molar-refractivity contribution < 1.29 is 22.7 Å². The molecule has 2 N–H and O–H groups in total. The molecule has 1 aliphatic rings. The number of aromatic nitrogens is 3. The van der Waals surface area contributed by atoms with Crippen molar-refractivity contribution in [2.75, 3.05) is 6.61 Å². The number of hydrogen-bond acceptors (Lipinski definition) is 6.